The number of hydrogen-bond donors (Lipinski definition) is 0. The summed E-state index contributed by atoms with van der Waals surface area (Å²) in [4.78, 5) is 7.31. The Bertz CT molecular complexity index is 2960. The molecule has 3 nitrogen and oxygen atoms in total. The van der Waals surface area contributed by atoms with Crippen molar-refractivity contribution < 1.29 is 0 Å². The van der Waals surface area contributed by atoms with Gasteiger partial charge in [-0.3, -0.25) is 0 Å². The van der Waals surface area contributed by atoms with E-state index in [9.17, 15) is 0 Å². The monoisotopic (exact) mass is 845 g/mol. The molecule has 0 amide bonds. The van der Waals surface area contributed by atoms with Gasteiger partial charge in [-0.15, -0.1) is 0 Å². The van der Waals surface area contributed by atoms with Crippen LogP contribution in [0.3, 0.4) is 0 Å². The highest BCUT2D eigenvalue weighted by Crippen LogP contribution is 2.51. The molecule has 65 heavy (non-hydrogen) atoms. The molecule has 7 aromatic carbocycles. The van der Waals surface area contributed by atoms with Gasteiger partial charge < -0.3 is 14.7 Å². The van der Waals surface area contributed by atoms with Crippen molar-refractivity contribution in [3.05, 3.63) is 219 Å². The van der Waals surface area contributed by atoms with E-state index >= 15 is 0 Å². The molecule has 10 rings (SSSR count). The molecule has 0 atom stereocenters. The van der Waals surface area contributed by atoms with E-state index in [1.807, 2.05) is 0 Å². The van der Waals surface area contributed by atoms with Crippen LogP contribution in [0.1, 0.15) is 115 Å². The number of anilines is 6. The Morgan fingerprint density at radius 2 is 0.692 bits per heavy atom. The van der Waals surface area contributed by atoms with E-state index in [-0.39, 0.29) is 10.8 Å². The van der Waals surface area contributed by atoms with Gasteiger partial charge in [-0.2, -0.15) is 0 Å². The highest BCUT2D eigenvalue weighted by molar-refractivity contribution is 5.98. The van der Waals surface area contributed by atoms with Gasteiger partial charge in [0.15, 0.2) is 0 Å². The highest BCUT2D eigenvalue weighted by atomic mass is 15.2. The quantitative estimate of drug-likeness (QED) is 0.134. The summed E-state index contributed by atoms with van der Waals surface area (Å²) in [6.45, 7) is 23.4. The largest absolute Gasteiger partial charge is 0.341 e. The van der Waals surface area contributed by atoms with Gasteiger partial charge in [0.2, 0.25) is 0 Å². The fourth-order valence-corrected chi connectivity index (χ4v) is 10.8. The summed E-state index contributed by atoms with van der Waals surface area (Å²) >= 11 is 0. The van der Waals surface area contributed by atoms with Gasteiger partial charge in [0, 0.05) is 75.7 Å². The SMILES string of the molecule is C=C1c2ccccc2N(CC)c2ccc(/C=C/c3cc(/C=C/c4ccc5c(c4)C(C)(C)c4ccccc4N5CC)cc(/C=C/c4ccc5c(c4)C(C)(C)c4ccccc4N5CC)c3)cc21. The lowest BCUT2D eigenvalue weighted by molar-refractivity contribution is 0.625. The third-order valence-corrected chi connectivity index (χ3v) is 14.2. The third kappa shape index (κ3) is 7.24. The average Bonchev–Trinajstić information content (AvgIpc) is 3.33. The van der Waals surface area contributed by atoms with E-state index in [1.165, 1.54) is 78.6 Å². The summed E-state index contributed by atoms with van der Waals surface area (Å²) in [5.74, 6) is 0. The Morgan fingerprint density at radius 3 is 1.15 bits per heavy atom. The normalized spacial score (nSPS) is 15.5. The van der Waals surface area contributed by atoms with E-state index in [0.717, 1.165) is 47.5 Å². The van der Waals surface area contributed by atoms with E-state index < -0.39 is 0 Å². The summed E-state index contributed by atoms with van der Waals surface area (Å²) in [6.07, 6.45) is 13.6. The van der Waals surface area contributed by atoms with Crippen molar-refractivity contribution in [2.75, 3.05) is 34.3 Å². The zero-order chi connectivity index (χ0) is 45.0. The van der Waals surface area contributed by atoms with Gasteiger partial charge in [-0.1, -0.05) is 144 Å². The third-order valence-electron chi connectivity index (χ3n) is 14.2. The molecule has 0 aromatic heterocycles. The molecule has 3 aliphatic heterocycles. The first-order valence-corrected chi connectivity index (χ1v) is 23.4. The first-order chi connectivity index (χ1) is 31.5. The molecule has 0 N–H and O–H groups in total. The molecule has 3 aliphatic rings. The highest BCUT2D eigenvalue weighted by Gasteiger charge is 2.37. The van der Waals surface area contributed by atoms with Crippen LogP contribution in [0.5, 0.6) is 0 Å². The lowest BCUT2D eigenvalue weighted by Crippen LogP contribution is -2.32. The molecule has 3 heterocycles. The van der Waals surface area contributed by atoms with Crippen molar-refractivity contribution in [2.24, 2.45) is 0 Å². The molecule has 0 saturated carbocycles. The minimum absolute atomic E-state index is 0.116. The van der Waals surface area contributed by atoms with Gasteiger partial charge in [-0.05, 0) is 155 Å². The van der Waals surface area contributed by atoms with Crippen LogP contribution in [0.4, 0.5) is 34.1 Å². The van der Waals surface area contributed by atoms with Gasteiger partial charge in [0.05, 0.1) is 0 Å². The van der Waals surface area contributed by atoms with Crippen molar-refractivity contribution in [3.63, 3.8) is 0 Å². The molecule has 7 aromatic rings. The van der Waals surface area contributed by atoms with Gasteiger partial charge in [-0.25, -0.2) is 0 Å². The van der Waals surface area contributed by atoms with Crippen LogP contribution in [-0.2, 0) is 10.8 Å². The summed E-state index contributed by atoms with van der Waals surface area (Å²) in [7, 11) is 0. The molecule has 0 spiro atoms. The molecule has 0 bridgehead atoms. The number of hydrogen-bond acceptors (Lipinski definition) is 3. The second-order valence-corrected chi connectivity index (χ2v) is 18.8. The van der Waals surface area contributed by atoms with Crippen LogP contribution in [-0.4, -0.2) is 19.6 Å². The van der Waals surface area contributed by atoms with Gasteiger partial charge in [0.25, 0.3) is 0 Å². The maximum absolute atomic E-state index is 4.57. The molecule has 3 heteroatoms. The van der Waals surface area contributed by atoms with Crippen molar-refractivity contribution in [1.82, 2.24) is 0 Å². The number of rotatable bonds is 9. The standard InChI is InChI=1S/C62H59N3/c1-9-63-55-21-15-12-18-49(55)42(4)50-39-43(30-33-56(50)63)24-27-46-36-47(28-25-44-31-34-59-53(40-44)61(5,6)51-19-13-16-22-57(51)64(59)10-2)38-48(37-46)29-26-45-32-35-60-54(41-45)62(7,8)52-20-14-17-23-58(52)65(60)11-3/h12-41H,4,9-11H2,1-3,5-8H3/b27-24+,28-25+,29-26+. The Labute approximate surface area is 387 Å². The summed E-state index contributed by atoms with van der Waals surface area (Å²) in [5.41, 5.74) is 23.3. The lowest BCUT2D eigenvalue weighted by Gasteiger charge is -2.41. The fraction of sp³-hybridized carbons (Fsp3) is 0.194. The van der Waals surface area contributed by atoms with E-state index in [0.29, 0.717) is 0 Å². The average molecular weight is 846 g/mol. The van der Waals surface area contributed by atoms with Gasteiger partial charge >= 0.3 is 0 Å². The van der Waals surface area contributed by atoms with Crippen LogP contribution in [0, 0.1) is 0 Å². The second-order valence-electron chi connectivity index (χ2n) is 18.8. The van der Waals surface area contributed by atoms with Crippen LogP contribution >= 0.6 is 0 Å². The molecule has 0 saturated heterocycles. The molecule has 0 radical (unpaired) electrons. The first-order valence-electron chi connectivity index (χ1n) is 23.4. The number of para-hydroxylation sites is 3. The molecule has 0 unspecified atom stereocenters. The molecule has 0 aliphatic carbocycles. The fourth-order valence-electron chi connectivity index (χ4n) is 10.8. The summed E-state index contributed by atoms with van der Waals surface area (Å²) in [6, 6.07) is 54.0. The predicted molar refractivity (Wildman–Crippen MR) is 282 cm³/mol. The zero-order valence-corrected chi connectivity index (χ0v) is 39.0. The number of fused-ring (bicyclic) bond motifs is 6. The van der Waals surface area contributed by atoms with Gasteiger partial charge in [0.1, 0.15) is 0 Å². The second kappa shape index (κ2) is 16.5. The van der Waals surface area contributed by atoms with Crippen LogP contribution in [0.15, 0.2) is 152 Å². The Balaban J connectivity index is 1.01. The smallest absolute Gasteiger partial charge is 0.0490 e. The zero-order valence-electron chi connectivity index (χ0n) is 39.0. The summed E-state index contributed by atoms with van der Waals surface area (Å²) < 4.78 is 0. The van der Waals surface area contributed by atoms with E-state index in [1.54, 1.807) is 0 Å². The first kappa shape index (κ1) is 41.9. The van der Waals surface area contributed by atoms with Crippen molar-refractivity contribution in [2.45, 2.75) is 59.3 Å². The topological polar surface area (TPSA) is 9.72 Å². The minimum atomic E-state index is -0.116. The molecular weight excluding hydrogens is 787 g/mol. The molecule has 322 valence electrons. The van der Waals surface area contributed by atoms with E-state index in [4.69, 9.17) is 0 Å². The maximum atomic E-state index is 4.57. The Hall–Kier alpha value is -7.10. The van der Waals surface area contributed by atoms with E-state index in [2.05, 4.69) is 252 Å². The van der Waals surface area contributed by atoms with Crippen LogP contribution in [0.2, 0.25) is 0 Å². The van der Waals surface area contributed by atoms with Crippen molar-refractivity contribution in [3.8, 4) is 0 Å². The Morgan fingerprint density at radius 1 is 0.354 bits per heavy atom. The number of benzene rings is 7. The van der Waals surface area contributed by atoms with Crippen LogP contribution in [0.25, 0.3) is 42.0 Å². The minimum Gasteiger partial charge on any atom is -0.341 e. The maximum Gasteiger partial charge on any atom is 0.0490 e. The summed E-state index contributed by atoms with van der Waals surface area (Å²) in [5, 5.41) is 0. The number of nitrogens with zero attached hydrogens (tertiary/aromatic N) is 3. The lowest BCUT2D eigenvalue weighted by atomic mass is 9.73. The Kier molecular flexibility index (Phi) is 10.6. The molecular formula is C62H59N3. The predicted octanol–water partition coefficient (Wildman–Crippen LogP) is 16.3. The van der Waals surface area contributed by atoms with Crippen LogP contribution < -0.4 is 14.7 Å². The van der Waals surface area contributed by atoms with Crippen molar-refractivity contribution in [1.29, 1.82) is 0 Å². The molecule has 0 fully saturated rings. The van der Waals surface area contributed by atoms with Crippen molar-refractivity contribution >= 4 is 76.2 Å².